The number of fused-ring (bicyclic) bond motifs is 5. The Morgan fingerprint density at radius 2 is 1.78 bits per heavy atom. The molecule has 3 unspecified atom stereocenters. The van der Waals surface area contributed by atoms with Crippen molar-refractivity contribution in [1.82, 2.24) is 5.32 Å². The monoisotopic (exact) mass is 503 g/mol. The van der Waals surface area contributed by atoms with E-state index in [2.05, 4.69) is 18.3 Å². The van der Waals surface area contributed by atoms with Gasteiger partial charge >= 0.3 is 5.97 Å². The third-order valence-electron chi connectivity index (χ3n) is 9.41. The van der Waals surface area contributed by atoms with E-state index < -0.39 is 0 Å². The van der Waals surface area contributed by atoms with Gasteiger partial charge in [-0.3, -0.25) is 9.59 Å². The summed E-state index contributed by atoms with van der Waals surface area (Å²) in [6, 6.07) is 14.1. The van der Waals surface area contributed by atoms with Crippen LogP contribution in [-0.4, -0.2) is 25.0 Å². The summed E-state index contributed by atoms with van der Waals surface area (Å²) < 4.78 is 11.5. The molecule has 2 aromatic carbocycles. The van der Waals surface area contributed by atoms with E-state index in [1.807, 2.05) is 57.2 Å². The Morgan fingerprint density at radius 3 is 2.49 bits per heavy atom. The van der Waals surface area contributed by atoms with Crippen molar-refractivity contribution in [2.45, 2.75) is 84.6 Å². The molecular formula is C32H41NO4. The van der Waals surface area contributed by atoms with Crippen LogP contribution in [0.2, 0.25) is 0 Å². The number of methoxy groups -OCH3 is 1. The number of hydrogen-bond acceptors (Lipinski definition) is 4. The van der Waals surface area contributed by atoms with Crippen molar-refractivity contribution in [2.75, 3.05) is 7.11 Å². The number of esters is 1. The van der Waals surface area contributed by atoms with Crippen LogP contribution < -0.4 is 14.8 Å². The highest BCUT2D eigenvalue weighted by atomic mass is 16.6. The first kappa shape index (κ1) is 25.8. The van der Waals surface area contributed by atoms with Crippen LogP contribution in [0.25, 0.3) is 0 Å². The van der Waals surface area contributed by atoms with Crippen LogP contribution >= 0.6 is 0 Å². The molecule has 0 spiro atoms. The first-order chi connectivity index (χ1) is 17.6. The fraction of sp³-hybridized carbons (Fsp3) is 0.562. The van der Waals surface area contributed by atoms with Crippen LogP contribution in [0.5, 0.6) is 11.5 Å². The Bertz CT molecular complexity index is 1170. The third-order valence-corrected chi connectivity index (χ3v) is 9.41. The summed E-state index contributed by atoms with van der Waals surface area (Å²) in [5.74, 6) is 2.75. The Kier molecular flexibility index (Phi) is 6.84. The molecule has 2 saturated carbocycles. The number of carbonyl (C=O) groups is 2. The van der Waals surface area contributed by atoms with E-state index in [0.29, 0.717) is 29.3 Å². The van der Waals surface area contributed by atoms with Crippen LogP contribution in [0, 0.1) is 22.7 Å². The molecule has 2 fully saturated rings. The molecule has 5 nitrogen and oxygen atoms in total. The van der Waals surface area contributed by atoms with Gasteiger partial charge < -0.3 is 14.8 Å². The lowest BCUT2D eigenvalue weighted by atomic mass is 9.55. The Labute approximate surface area is 221 Å². The highest BCUT2D eigenvalue weighted by Gasteiger charge is 2.55. The van der Waals surface area contributed by atoms with Gasteiger partial charge in [0.05, 0.1) is 13.5 Å². The van der Waals surface area contributed by atoms with Crippen LogP contribution in [0.15, 0.2) is 42.5 Å². The van der Waals surface area contributed by atoms with Gasteiger partial charge in [-0.25, -0.2) is 0 Å². The lowest BCUT2D eigenvalue weighted by Gasteiger charge is -2.51. The number of amides is 1. The lowest BCUT2D eigenvalue weighted by Crippen LogP contribution is -2.52. The molecule has 0 bridgehead atoms. The molecule has 1 amide bonds. The second-order valence-electron chi connectivity index (χ2n) is 12.7. The molecule has 5 heteroatoms. The number of carbonyl (C=O) groups excluding carboxylic acids is 2. The number of ether oxygens (including phenoxy) is 2. The molecule has 2 aromatic rings. The molecule has 5 atom stereocenters. The van der Waals surface area contributed by atoms with E-state index in [1.54, 1.807) is 7.11 Å². The fourth-order valence-corrected chi connectivity index (χ4v) is 7.35. The van der Waals surface area contributed by atoms with E-state index >= 15 is 0 Å². The van der Waals surface area contributed by atoms with Crippen molar-refractivity contribution in [1.29, 1.82) is 0 Å². The van der Waals surface area contributed by atoms with Crippen molar-refractivity contribution < 1.29 is 19.1 Å². The van der Waals surface area contributed by atoms with Gasteiger partial charge in [0, 0.05) is 11.5 Å². The van der Waals surface area contributed by atoms with Crippen LogP contribution in [0.3, 0.4) is 0 Å². The van der Waals surface area contributed by atoms with Crippen molar-refractivity contribution in [3.8, 4) is 11.5 Å². The highest BCUT2D eigenvalue weighted by Crippen LogP contribution is 2.61. The summed E-state index contributed by atoms with van der Waals surface area (Å²) in [5, 5.41) is 3.43. The molecular weight excluding hydrogens is 462 g/mol. The number of benzene rings is 2. The largest absolute Gasteiger partial charge is 0.493 e. The normalized spacial score (nSPS) is 28.5. The number of aryl methyl sites for hydroxylation is 1. The Morgan fingerprint density at radius 1 is 1.03 bits per heavy atom. The maximum absolute atomic E-state index is 12.8. The zero-order valence-corrected chi connectivity index (χ0v) is 22.9. The van der Waals surface area contributed by atoms with Gasteiger partial charge in [-0.05, 0) is 90.5 Å². The summed E-state index contributed by atoms with van der Waals surface area (Å²) in [7, 11) is 1.65. The molecule has 0 aromatic heterocycles. The minimum atomic E-state index is -0.367. The Hall–Kier alpha value is -2.82. The highest BCUT2D eigenvalue weighted by molar-refractivity contribution is 5.81. The van der Waals surface area contributed by atoms with Crippen molar-refractivity contribution >= 4 is 11.9 Å². The van der Waals surface area contributed by atoms with Crippen molar-refractivity contribution in [3.05, 3.63) is 59.2 Å². The summed E-state index contributed by atoms with van der Waals surface area (Å²) in [4.78, 5) is 25.5. The fourth-order valence-electron chi connectivity index (χ4n) is 7.35. The molecule has 0 saturated heterocycles. The van der Waals surface area contributed by atoms with E-state index in [0.717, 1.165) is 37.7 Å². The van der Waals surface area contributed by atoms with Gasteiger partial charge in [0.1, 0.15) is 0 Å². The average molecular weight is 504 g/mol. The average Bonchev–Trinajstić information content (AvgIpc) is 3.19. The summed E-state index contributed by atoms with van der Waals surface area (Å²) in [5.41, 5.74) is 3.36. The van der Waals surface area contributed by atoms with Gasteiger partial charge in [-0.1, -0.05) is 58.0 Å². The first-order valence-electron chi connectivity index (χ1n) is 13.9. The van der Waals surface area contributed by atoms with Crippen LogP contribution in [0.4, 0.5) is 0 Å². The molecule has 198 valence electrons. The molecule has 3 aliphatic rings. The summed E-state index contributed by atoms with van der Waals surface area (Å²) in [6.45, 7) is 8.39. The molecule has 0 heterocycles. The molecule has 0 radical (unpaired) electrons. The molecule has 5 rings (SSSR count). The maximum atomic E-state index is 12.8. The molecule has 37 heavy (non-hydrogen) atoms. The second kappa shape index (κ2) is 9.81. The predicted octanol–water partition coefficient (Wildman–Crippen LogP) is 6.23. The van der Waals surface area contributed by atoms with Gasteiger partial charge in [0.15, 0.2) is 11.5 Å². The zero-order valence-electron chi connectivity index (χ0n) is 22.9. The standard InChI is InChI=1S/C32H41NO4/c1-31(2,3)30(35)33-28-14-13-25-23-12-11-21-18-27(37-29(34)17-20-9-7-6-8-10-20)26(36-5)19-24(21)22(23)15-16-32(25,28)4/h6-10,18-19,22-23,25,28H,11-17H2,1-5H3,(H,33,35)/t22?,23?,25?,28-,32-/m0/s1. The topological polar surface area (TPSA) is 64.6 Å². The quantitative estimate of drug-likeness (QED) is 0.388. The number of rotatable bonds is 5. The zero-order chi connectivity index (χ0) is 26.4. The first-order valence-corrected chi connectivity index (χ1v) is 13.9. The van der Waals surface area contributed by atoms with Gasteiger partial charge in [0.2, 0.25) is 5.91 Å². The Balaban J connectivity index is 1.34. The van der Waals surface area contributed by atoms with Gasteiger partial charge in [0.25, 0.3) is 0 Å². The summed E-state index contributed by atoms with van der Waals surface area (Å²) >= 11 is 0. The van der Waals surface area contributed by atoms with Crippen LogP contribution in [-0.2, 0) is 22.4 Å². The minimum Gasteiger partial charge on any atom is -0.493 e. The molecule has 3 aliphatic carbocycles. The molecule has 1 N–H and O–H groups in total. The van der Waals surface area contributed by atoms with E-state index in [1.165, 1.54) is 17.5 Å². The SMILES string of the molecule is COc1cc2c(cc1OC(=O)Cc1ccccc1)CCC1C2CC[C@@]2(C)C1CC[C@@H]2NC(=O)C(C)(C)C. The smallest absolute Gasteiger partial charge is 0.315 e. The minimum absolute atomic E-state index is 0.149. The molecule has 0 aliphatic heterocycles. The maximum Gasteiger partial charge on any atom is 0.315 e. The predicted molar refractivity (Wildman–Crippen MR) is 145 cm³/mol. The van der Waals surface area contributed by atoms with Gasteiger partial charge in [-0.2, -0.15) is 0 Å². The van der Waals surface area contributed by atoms with Crippen molar-refractivity contribution in [3.63, 3.8) is 0 Å². The van der Waals surface area contributed by atoms with E-state index in [4.69, 9.17) is 9.47 Å². The third kappa shape index (κ3) is 4.89. The number of nitrogens with one attached hydrogen (secondary N) is 1. The number of hydrogen-bond donors (Lipinski definition) is 1. The van der Waals surface area contributed by atoms with Crippen molar-refractivity contribution in [2.24, 2.45) is 22.7 Å². The van der Waals surface area contributed by atoms with Gasteiger partial charge in [-0.15, -0.1) is 0 Å². The van der Waals surface area contributed by atoms with E-state index in [9.17, 15) is 9.59 Å². The summed E-state index contributed by atoms with van der Waals surface area (Å²) in [6.07, 6.45) is 6.83. The lowest BCUT2D eigenvalue weighted by molar-refractivity contribution is -0.133. The van der Waals surface area contributed by atoms with Crippen LogP contribution in [0.1, 0.15) is 82.4 Å². The second-order valence-corrected chi connectivity index (χ2v) is 12.7. The van der Waals surface area contributed by atoms with E-state index in [-0.39, 0.29) is 35.2 Å².